The van der Waals surface area contributed by atoms with Gasteiger partial charge in [0.15, 0.2) is 23.2 Å². The summed E-state index contributed by atoms with van der Waals surface area (Å²) in [5, 5.41) is 0. The molecule has 0 radical (unpaired) electrons. The van der Waals surface area contributed by atoms with Gasteiger partial charge in [0, 0.05) is 0 Å². The lowest BCUT2D eigenvalue weighted by molar-refractivity contribution is 0.386. The van der Waals surface area contributed by atoms with Gasteiger partial charge in [-0.05, 0) is 35.4 Å². The fourth-order valence-electron chi connectivity index (χ4n) is 1.59. The van der Waals surface area contributed by atoms with Crippen molar-refractivity contribution >= 4 is 12.2 Å². The Hall–Kier alpha value is -2.23. The van der Waals surface area contributed by atoms with E-state index in [2.05, 4.69) is 0 Å². The van der Waals surface area contributed by atoms with E-state index in [1.54, 1.807) is 18.2 Å². The molecule has 4 heteroatoms. The molecular weight excluding hydrogens is 253 g/mol. The predicted molar refractivity (Wildman–Crippen MR) is 68.2 cm³/mol. The van der Waals surface area contributed by atoms with E-state index in [1.165, 1.54) is 25.3 Å². The Morgan fingerprint density at radius 1 is 0.789 bits per heavy atom. The van der Waals surface area contributed by atoms with Gasteiger partial charge in [0.05, 0.1) is 7.11 Å². The summed E-state index contributed by atoms with van der Waals surface area (Å²) in [6, 6.07) is 8.03. The van der Waals surface area contributed by atoms with Crippen LogP contribution in [0.25, 0.3) is 12.2 Å². The third-order valence-electron chi connectivity index (χ3n) is 2.59. The van der Waals surface area contributed by atoms with E-state index in [0.29, 0.717) is 11.1 Å². The van der Waals surface area contributed by atoms with Crippen LogP contribution in [0.2, 0.25) is 0 Å². The van der Waals surface area contributed by atoms with Crippen molar-refractivity contribution in [1.29, 1.82) is 0 Å². The lowest BCUT2D eigenvalue weighted by atomic mass is 10.1. The van der Waals surface area contributed by atoms with Crippen LogP contribution in [0.1, 0.15) is 11.1 Å². The van der Waals surface area contributed by atoms with Crippen LogP contribution >= 0.6 is 0 Å². The Bertz CT molecular complexity index is 621. The molecule has 1 nitrogen and oxygen atoms in total. The van der Waals surface area contributed by atoms with Crippen LogP contribution in [0.15, 0.2) is 36.4 Å². The molecule has 0 aromatic heterocycles. The van der Waals surface area contributed by atoms with Crippen molar-refractivity contribution in [2.75, 3.05) is 7.11 Å². The molecule has 0 saturated carbocycles. The first-order chi connectivity index (χ1) is 9.10. The summed E-state index contributed by atoms with van der Waals surface area (Å²) in [7, 11) is 1.38. The van der Waals surface area contributed by atoms with Crippen molar-refractivity contribution in [3.63, 3.8) is 0 Å². The molecule has 98 valence electrons. The van der Waals surface area contributed by atoms with Gasteiger partial charge in [-0.15, -0.1) is 0 Å². The van der Waals surface area contributed by atoms with E-state index < -0.39 is 17.5 Å². The molecule has 0 spiro atoms. The molecular formula is C15H11F3O. The second-order valence-corrected chi connectivity index (χ2v) is 3.90. The summed E-state index contributed by atoms with van der Waals surface area (Å²) in [6.07, 6.45) is 3.18. The third-order valence-corrected chi connectivity index (χ3v) is 2.59. The monoisotopic (exact) mass is 264 g/mol. The van der Waals surface area contributed by atoms with Crippen LogP contribution in [-0.4, -0.2) is 7.11 Å². The van der Waals surface area contributed by atoms with E-state index in [-0.39, 0.29) is 5.75 Å². The molecule has 0 N–H and O–H groups in total. The Morgan fingerprint density at radius 2 is 1.37 bits per heavy atom. The maximum absolute atomic E-state index is 13.4. The van der Waals surface area contributed by atoms with Crippen LogP contribution in [0, 0.1) is 17.5 Å². The van der Waals surface area contributed by atoms with Gasteiger partial charge in [-0.3, -0.25) is 0 Å². The van der Waals surface area contributed by atoms with Crippen molar-refractivity contribution < 1.29 is 17.9 Å². The first-order valence-corrected chi connectivity index (χ1v) is 5.57. The zero-order valence-electron chi connectivity index (χ0n) is 10.2. The zero-order chi connectivity index (χ0) is 13.8. The second kappa shape index (κ2) is 5.61. The van der Waals surface area contributed by atoms with Crippen LogP contribution in [0.3, 0.4) is 0 Å². The van der Waals surface area contributed by atoms with Gasteiger partial charge in [-0.2, -0.15) is 0 Å². The Labute approximate surface area is 109 Å². The average Bonchev–Trinajstić information content (AvgIpc) is 2.40. The second-order valence-electron chi connectivity index (χ2n) is 3.90. The number of halogens is 3. The molecule has 19 heavy (non-hydrogen) atoms. The van der Waals surface area contributed by atoms with E-state index >= 15 is 0 Å². The molecule has 0 bridgehead atoms. The first-order valence-electron chi connectivity index (χ1n) is 5.57. The SMILES string of the molecule is COc1ccc(C=Cc2ccc(F)c(F)c2)cc1F. The number of methoxy groups -OCH3 is 1. The summed E-state index contributed by atoms with van der Waals surface area (Å²) in [5.74, 6) is -2.13. The summed E-state index contributed by atoms with van der Waals surface area (Å²) < 4.78 is 43.9. The summed E-state index contributed by atoms with van der Waals surface area (Å²) in [6.45, 7) is 0. The zero-order valence-corrected chi connectivity index (χ0v) is 10.2. The third kappa shape index (κ3) is 3.16. The molecule has 0 amide bonds. The van der Waals surface area contributed by atoms with Crippen LogP contribution < -0.4 is 4.74 Å². The predicted octanol–water partition coefficient (Wildman–Crippen LogP) is 4.28. The van der Waals surface area contributed by atoms with E-state index in [9.17, 15) is 13.2 Å². The van der Waals surface area contributed by atoms with E-state index in [4.69, 9.17) is 4.74 Å². The normalized spacial score (nSPS) is 10.9. The maximum atomic E-state index is 13.4. The van der Waals surface area contributed by atoms with Crippen LogP contribution in [0.4, 0.5) is 13.2 Å². The Morgan fingerprint density at radius 3 is 1.89 bits per heavy atom. The molecule has 0 saturated heterocycles. The van der Waals surface area contributed by atoms with E-state index in [0.717, 1.165) is 12.1 Å². The molecule has 0 fully saturated rings. The standard InChI is InChI=1S/C15H11F3O/c1-19-15-7-5-11(9-14(15)18)3-2-10-4-6-12(16)13(17)8-10/h2-9H,1H3. The van der Waals surface area contributed by atoms with Crippen molar-refractivity contribution in [1.82, 2.24) is 0 Å². The van der Waals surface area contributed by atoms with E-state index in [1.807, 2.05) is 0 Å². The quantitative estimate of drug-likeness (QED) is 0.752. The van der Waals surface area contributed by atoms with Gasteiger partial charge >= 0.3 is 0 Å². The number of hydrogen-bond donors (Lipinski definition) is 0. The number of hydrogen-bond acceptors (Lipinski definition) is 1. The maximum Gasteiger partial charge on any atom is 0.165 e. The molecule has 2 aromatic rings. The van der Waals surface area contributed by atoms with Crippen molar-refractivity contribution in [3.05, 3.63) is 65.0 Å². The lowest BCUT2D eigenvalue weighted by Gasteiger charge is -2.02. The number of benzene rings is 2. The largest absolute Gasteiger partial charge is 0.494 e. The highest BCUT2D eigenvalue weighted by atomic mass is 19.2. The fraction of sp³-hybridized carbons (Fsp3) is 0.0667. The molecule has 0 heterocycles. The van der Waals surface area contributed by atoms with Crippen molar-refractivity contribution in [2.45, 2.75) is 0 Å². The smallest absolute Gasteiger partial charge is 0.165 e. The first kappa shape index (κ1) is 13.2. The molecule has 2 rings (SSSR count). The summed E-state index contributed by atoms with van der Waals surface area (Å²) in [5.41, 5.74) is 1.10. The highest BCUT2D eigenvalue weighted by Gasteiger charge is 2.02. The van der Waals surface area contributed by atoms with Gasteiger partial charge in [-0.25, -0.2) is 13.2 Å². The Balaban J connectivity index is 2.22. The van der Waals surface area contributed by atoms with Gasteiger partial charge in [-0.1, -0.05) is 24.3 Å². The van der Waals surface area contributed by atoms with Crippen molar-refractivity contribution in [3.8, 4) is 5.75 Å². The summed E-state index contributed by atoms with van der Waals surface area (Å²) >= 11 is 0. The minimum absolute atomic E-state index is 0.157. The molecule has 0 aliphatic rings. The molecule has 2 aromatic carbocycles. The highest BCUT2D eigenvalue weighted by Crippen LogP contribution is 2.19. The lowest BCUT2D eigenvalue weighted by Crippen LogP contribution is -1.88. The molecule has 0 atom stereocenters. The highest BCUT2D eigenvalue weighted by molar-refractivity contribution is 5.69. The molecule has 0 unspecified atom stereocenters. The van der Waals surface area contributed by atoms with Gasteiger partial charge in [0.2, 0.25) is 0 Å². The van der Waals surface area contributed by atoms with Gasteiger partial charge in [0.1, 0.15) is 0 Å². The minimum Gasteiger partial charge on any atom is -0.494 e. The van der Waals surface area contributed by atoms with Crippen molar-refractivity contribution in [2.24, 2.45) is 0 Å². The van der Waals surface area contributed by atoms with Crippen LogP contribution in [-0.2, 0) is 0 Å². The number of ether oxygens (including phenoxy) is 1. The number of rotatable bonds is 3. The Kier molecular flexibility index (Phi) is 3.90. The van der Waals surface area contributed by atoms with Gasteiger partial charge in [0.25, 0.3) is 0 Å². The minimum atomic E-state index is -0.914. The van der Waals surface area contributed by atoms with Crippen LogP contribution in [0.5, 0.6) is 5.75 Å². The molecule has 0 aliphatic heterocycles. The topological polar surface area (TPSA) is 9.23 Å². The summed E-state index contributed by atoms with van der Waals surface area (Å²) in [4.78, 5) is 0. The fourth-order valence-corrected chi connectivity index (χ4v) is 1.59. The van der Waals surface area contributed by atoms with Gasteiger partial charge < -0.3 is 4.74 Å². The average molecular weight is 264 g/mol. The molecule has 0 aliphatic carbocycles.